The molecule has 21 heavy (non-hydrogen) atoms. The van der Waals surface area contributed by atoms with Crippen LogP contribution in [-0.2, 0) is 0 Å². The molecule has 1 aromatic carbocycles. The van der Waals surface area contributed by atoms with Crippen LogP contribution < -0.4 is 11.1 Å². The smallest absolute Gasteiger partial charge is 0.321 e. The number of piperazine rings is 1. The molecule has 0 unspecified atom stereocenters. The van der Waals surface area contributed by atoms with Gasteiger partial charge in [-0.1, -0.05) is 0 Å². The van der Waals surface area contributed by atoms with E-state index in [1.807, 2.05) is 17.0 Å². The van der Waals surface area contributed by atoms with Gasteiger partial charge in [0.25, 0.3) is 0 Å². The number of urea groups is 1. The zero-order valence-corrected chi connectivity index (χ0v) is 12.9. The van der Waals surface area contributed by atoms with Crippen molar-refractivity contribution in [2.75, 3.05) is 64.4 Å². The molecule has 0 spiro atoms. The van der Waals surface area contributed by atoms with E-state index >= 15 is 0 Å². The SMILES string of the molecule is CN(C)CCN1CCN(C(=O)Nc2ccc(N)cc2)CC1. The summed E-state index contributed by atoms with van der Waals surface area (Å²) in [7, 11) is 4.16. The molecule has 1 heterocycles. The lowest BCUT2D eigenvalue weighted by atomic mass is 10.3. The zero-order valence-electron chi connectivity index (χ0n) is 12.9. The standard InChI is InChI=1S/C15H25N5O/c1-18(2)7-8-19-9-11-20(12-10-19)15(21)17-14-5-3-13(16)4-6-14/h3-6H,7-12,16H2,1-2H3,(H,17,21). The molecular formula is C15H25N5O. The number of nitrogens with two attached hydrogens (primary N) is 1. The first-order valence-corrected chi connectivity index (χ1v) is 7.33. The topological polar surface area (TPSA) is 64.8 Å². The van der Waals surface area contributed by atoms with Gasteiger partial charge in [0, 0.05) is 50.6 Å². The summed E-state index contributed by atoms with van der Waals surface area (Å²) < 4.78 is 0. The highest BCUT2D eigenvalue weighted by Crippen LogP contribution is 2.12. The summed E-state index contributed by atoms with van der Waals surface area (Å²) >= 11 is 0. The first kappa shape index (κ1) is 15.6. The van der Waals surface area contributed by atoms with E-state index in [1.165, 1.54) is 0 Å². The molecule has 0 saturated carbocycles. The Labute approximate surface area is 126 Å². The van der Waals surface area contributed by atoms with Crippen LogP contribution in [0.15, 0.2) is 24.3 Å². The Morgan fingerprint density at radius 1 is 1.19 bits per heavy atom. The molecule has 0 aliphatic carbocycles. The fraction of sp³-hybridized carbons (Fsp3) is 0.533. The molecule has 1 aromatic rings. The number of nitrogen functional groups attached to an aromatic ring is 1. The highest BCUT2D eigenvalue weighted by Gasteiger charge is 2.20. The summed E-state index contributed by atoms with van der Waals surface area (Å²) in [6.45, 7) is 5.52. The summed E-state index contributed by atoms with van der Waals surface area (Å²) in [4.78, 5) is 18.6. The fourth-order valence-electron chi connectivity index (χ4n) is 2.28. The van der Waals surface area contributed by atoms with Crippen LogP contribution in [0.25, 0.3) is 0 Å². The van der Waals surface area contributed by atoms with E-state index in [0.717, 1.165) is 45.0 Å². The van der Waals surface area contributed by atoms with Crippen molar-refractivity contribution >= 4 is 17.4 Å². The van der Waals surface area contributed by atoms with Crippen LogP contribution in [0.4, 0.5) is 16.2 Å². The average molecular weight is 291 g/mol. The largest absolute Gasteiger partial charge is 0.399 e. The predicted molar refractivity (Wildman–Crippen MR) is 86.4 cm³/mol. The second-order valence-electron chi connectivity index (χ2n) is 5.68. The summed E-state index contributed by atoms with van der Waals surface area (Å²) in [6.07, 6.45) is 0. The molecule has 2 rings (SSSR count). The van der Waals surface area contributed by atoms with E-state index in [4.69, 9.17) is 5.73 Å². The Morgan fingerprint density at radius 2 is 1.81 bits per heavy atom. The van der Waals surface area contributed by atoms with Crippen molar-refractivity contribution in [2.24, 2.45) is 0 Å². The lowest BCUT2D eigenvalue weighted by Crippen LogP contribution is -2.51. The number of likely N-dealkylation sites (N-methyl/N-ethyl adjacent to an activating group) is 1. The van der Waals surface area contributed by atoms with E-state index in [1.54, 1.807) is 12.1 Å². The molecule has 1 fully saturated rings. The van der Waals surface area contributed by atoms with Crippen LogP contribution in [-0.4, -0.2) is 74.1 Å². The number of benzene rings is 1. The third-order valence-corrected chi connectivity index (χ3v) is 3.68. The van der Waals surface area contributed by atoms with Gasteiger partial charge in [-0.25, -0.2) is 4.79 Å². The van der Waals surface area contributed by atoms with Crippen molar-refractivity contribution in [3.05, 3.63) is 24.3 Å². The van der Waals surface area contributed by atoms with Gasteiger partial charge in [-0.05, 0) is 38.4 Å². The number of carbonyl (C=O) groups excluding carboxylic acids is 1. The molecule has 6 heteroatoms. The third-order valence-electron chi connectivity index (χ3n) is 3.68. The molecule has 0 atom stereocenters. The summed E-state index contributed by atoms with van der Waals surface area (Å²) in [5.41, 5.74) is 7.11. The minimum Gasteiger partial charge on any atom is -0.399 e. The first-order chi connectivity index (χ1) is 10.0. The van der Waals surface area contributed by atoms with Gasteiger partial charge in [0.15, 0.2) is 0 Å². The van der Waals surface area contributed by atoms with Crippen molar-refractivity contribution in [3.8, 4) is 0 Å². The van der Waals surface area contributed by atoms with Crippen LogP contribution >= 0.6 is 0 Å². The number of rotatable bonds is 4. The number of carbonyl (C=O) groups is 1. The summed E-state index contributed by atoms with van der Waals surface area (Å²) in [6, 6.07) is 7.18. The number of nitrogens with one attached hydrogen (secondary N) is 1. The van der Waals surface area contributed by atoms with Crippen LogP contribution in [0.5, 0.6) is 0 Å². The molecule has 1 aliphatic heterocycles. The predicted octanol–water partition coefficient (Wildman–Crippen LogP) is 0.980. The summed E-state index contributed by atoms with van der Waals surface area (Å²) in [5.74, 6) is 0. The highest BCUT2D eigenvalue weighted by molar-refractivity contribution is 5.89. The molecule has 0 aromatic heterocycles. The molecule has 1 saturated heterocycles. The molecule has 116 valence electrons. The Kier molecular flexibility index (Phi) is 5.41. The van der Waals surface area contributed by atoms with Crippen molar-refractivity contribution in [1.29, 1.82) is 0 Å². The maximum atomic E-state index is 12.2. The van der Waals surface area contributed by atoms with Crippen molar-refractivity contribution in [1.82, 2.24) is 14.7 Å². The highest BCUT2D eigenvalue weighted by atomic mass is 16.2. The second-order valence-corrected chi connectivity index (χ2v) is 5.68. The summed E-state index contributed by atoms with van der Waals surface area (Å²) in [5, 5.41) is 2.91. The maximum absolute atomic E-state index is 12.2. The number of anilines is 2. The Morgan fingerprint density at radius 3 is 2.38 bits per heavy atom. The Hall–Kier alpha value is -1.79. The third kappa shape index (κ3) is 4.91. The van der Waals surface area contributed by atoms with Gasteiger partial charge in [-0.15, -0.1) is 0 Å². The minimum atomic E-state index is -0.0352. The maximum Gasteiger partial charge on any atom is 0.321 e. The molecule has 0 bridgehead atoms. The lowest BCUT2D eigenvalue weighted by molar-refractivity contribution is 0.140. The van der Waals surface area contributed by atoms with Crippen molar-refractivity contribution < 1.29 is 4.79 Å². The molecular weight excluding hydrogens is 266 g/mol. The number of nitrogens with zero attached hydrogens (tertiary/aromatic N) is 3. The van der Waals surface area contributed by atoms with Crippen molar-refractivity contribution in [2.45, 2.75) is 0 Å². The van der Waals surface area contributed by atoms with Gasteiger partial charge in [0.2, 0.25) is 0 Å². The fourth-order valence-corrected chi connectivity index (χ4v) is 2.28. The van der Waals surface area contributed by atoms with Gasteiger partial charge in [0.1, 0.15) is 0 Å². The van der Waals surface area contributed by atoms with Crippen LogP contribution in [0, 0.1) is 0 Å². The molecule has 2 amide bonds. The van der Waals surface area contributed by atoms with E-state index in [9.17, 15) is 4.79 Å². The number of amides is 2. The molecule has 0 radical (unpaired) electrons. The van der Waals surface area contributed by atoms with Crippen LogP contribution in [0.1, 0.15) is 0 Å². The van der Waals surface area contributed by atoms with Gasteiger partial charge in [-0.3, -0.25) is 4.90 Å². The Bertz CT molecular complexity index is 452. The Balaban J connectivity index is 1.76. The number of hydrogen-bond donors (Lipinski definition) is 2. The van der Waals surface area contributed by atoms with Crippen LogP contribution in [0.2, 0.25) is 0 Å². The van der Waals surface area contributed by atoms with E-state index in [-0.39, 0.29) is 6.03 Å². The minimum absolute atomic E-state index is 0.0352. The second kappa shape index (κ2) is 7.28. The molecule has 1 aliphatic rings. The molecule has 3 N–H and O–H groups in total. The van der Waals surface area contributed by atoms with Gasteiger partial charge >= 0.3 is 6.03 Å². The van der Waals surface area contributed by atoms with E-state index in [0.29, 0.717) is 5.69 Å². The van der Waals surface area contributed by atoms with Gasteiger partial charge in [0.05, 0.1) is 0 Å². The van der Waals surface area contributed by atoms with Gasteiger partial charge in [-0.2, -0.15) is 0 Å². The number of hydrogen-bond acceptors (Lipinski definition) is 4. The average Bonchev–Trinajstić information content (AvgIpc) is 2.48. The van der Waals surface area contributed by atoms with E-state index < -0.39 is 0 Å². The van der Waals surface area contributed by atoms with Crippen LogP contribution in [0.3, 0.4) is 0 Å². The van der Waals surface area contributed by atoms with Crippen molar-refractivity contribution in [3.63, 3.8) is 0 Å². The zero-order chi connectivity index (χ0) is 15.2. The normalized spacial score (nSPS) is 16.2. The van der Waals surface area contributed by atoms with Gasteiger partial charge < -0.3 is 20.9 Å². The molecule has 6 nitrogen and oxygen atoms in total. The monoisotopic (exact) mass is 291 g/mol. The first-order valence-electron chi connectivity index (χ1n) is 7.33. The van der Waals surface area contributed by atoms with E-state index in [2.05, 4.69) is 29.2 Å². The lowest BCUT2D eigenvalue weighted by Gasteiger charge is -2.35. The quantitative estimate of drug-likeness (QED) is 0.812.